The molecule has 39 heavy (non-hydrogen) atoms. The molecule has 1 amide bonds. The smallest absolute Gasteiger partial charge is 0.258 e. The summed E-state index contributed by atoms with van der Waals surface area (Å²) in [4.78, 5) is 17.5. The van der Waals surface area contributed by atoms with Crippen LogP contribution in [0, 0.1) is 11.3 Å². The molecular weight excluding hydrogens is 518 g/mol. The minimum Gasteiger partial charge on any atom is -0.493 e. The van der Waals surface area contributed by atoms with Gasteiger partial charge >= 0.3 is 0 Å². The van der Waals surface area contributed by atoms with E-state index in [1.807, 2.05) is 24.3 Å². The Balaban J connectivity index is 0.00000533. The van der Waals surface area contributed by atoms with Crippen molar-refractivity contribution < 1.29 is 23.7 Å². The molecule has 0 atom stereocenters. The number of halogens is 1. The number of likely N-dealkylation sites (N-methyl/N-ethyl adjacent to an activating group) is 1. The van der Waals surface area contributed by atoms with Gasteiger partial charge in [0.2, 0.25) is 0 Å². The molecule has 0 unspecified atom stereocenters. The highest BCUT2D eigenvalue weighted by atomic mass is 35.5. The third-order valence-corrected chi connectivity index (χ3v) is 6.34. The number of methoxy groups -OCH3 is 4. The molecule has 0 bridgehead atoms. The van der Waals surface area contributed by atoms with Crippen LogP contribution in [0.5, 0.6) is 23.0 Å². The monoisotopic (exact) mass is 553 g/mol. The molecule has 0 saturated heterocycles. The van der Waals surface area contributed by atoms with Gasteiger partial charge in [0.25, 0.3) is 5.91 Å². The van der Waals surface area contributed by atoms with Crippen molar-refractivity contribution in [2.45, 2.75) is 12.8 Å². The molecule has 0 N–H and O–H groups in total. The molecule has 0 radical (unpaired) electrons. The van der Waals surface area contributed by atoms with Crippen LogP contribution in [-0.2, 0) is 6.42 Å². The summed E-state index contributed by atoms with van der Waals surface area (Å²) in [6, 6.07) is 20.2. The molecule has 0 aliphatic carbocycles. The molecule has 0 saturated carbocycles. The molecule has 208 valence electrons. The normalized spacial score (nSPS) is 10.3. The molecule has 9 heteroatoms. The topological polar surface area (TPSA) is 84.3 Å². The maximum Gasteiger partial charge on any atom is 0.258 e. The van der Waals surface area contributed by atoms with Crippen molar-refractivity contribution in [1.29, 1.82) is 5.26 Å². The lowest BCUT2D eigenvalue weighted by Crippen LogP contribution is -2.34. The highest BCUT2D eigenvalue weighted by molar-refractivity contribution is 6.06. The Morgan fingerprint density at radius 2 is 1.36 bits per heavy atom. The zero-order chi connectivity index (χ0) is 27.5. The Kier molecular flexibility index (Phi) is 12.4. The first kappa shape index (κ1) is 31.3. The van der Waals surface area contributed by atoms with Gasteiger partial charge in [-0.1, -0.05) is 6.07 Å². The predicted octanol–water partition coefficient (Wildman–Crippen LogP) is 5.23. The summed E-state index contributed by atoms with van der Waals surface area (Å²) < 4.78 is 21.6. The van der Waals surface area contributed by atoms with Gasteiger partial charge in [-0.05, 0) is 80.5 Å². The van der Waals surface area contributed by atoms with Crippen LogP contribution >= 0.6 is 12.4 Å². The molecule has 0 fully saturated rings. The summed E-state index contributed by atoms with van der Waals surface area (Å²) >= 11 is 0. The molecule has 3 aromatic carbocycles. The van der Waals surface area contributed by atoms with E-state index in [4.69, 9.17) is 24.2 Å². The fourth-order valence-electron chi connectivity index (χ4n) is 4.15. The van der Waals surface area contributed by atoms with E-state index in [0.717, 1.165) is 37.2 Å². The molecule has 0 spiro atoms. The minimum atomic E-state index is -0.144. The Labute approximate surface area is 237 Å². The Bertz CT molecular complexity index is 1260. The molecular formula is C30H36ClN3O5. The zero-order valence-electron chi connectivity index (χ0n) is 23.1. The van der Waals surface area contributed by atoms with Crippen LogP contribution in [0.25, 0.3) is 0 Å². The predicted molar refractivity (Wildman–Crippen MR) is 155 cm³/mol. The van der Waals surface area contributed by atoms with Crippen molar-refractivity contribution >= 4 is 24.0 Å². The quantitative estimate of drug-likeness (QED) is 0.287. The number of carbonyl (C=O) groups excluding carboxylic acids is 1. The van der Waals surface area contributed by atoms with Gasteiger partial charge in [0.05, 0.1) is 40.1 Å². The molecule has 8 nitrogen and oxygen atoms in total. The largest absolute Gasteiger partial charge is 0.493 e. The second kappa shape index (κ2) is 15.5. The van der Waals surface area contributed by atoms with Gasteiger partial charge in [0.15, 0.2) is 23.0 Å². The second-order valence-electron chi connectivity index (χ2n) is 8.78. The van der Waals surface area contributed by atoms with Crippen molar-refractivity contribution in [2.75, 3.05) is 60.0 Å². The first-order valence-corrected chi connectivity index (χ1v) is 12.4. The summed E-state index contributed by atoms with van der Waals surface area (Å²) in [7, 11) is 8.49. The van der Waals surface area contributed by atoms with E-state index in [1.54, 1.807) is 69.7 Å². The van der Waals surface area contributed by atoms with Gasteiger partial charge < -0.3 is 28.7 Å². The van der Waals surface area contributed by atoms with Crippen molar-refractivity contribution in [3.63, 3.8) is 0 Å². The van der Waals surface area contributed by atoms with Crippen molar-refractivity contribution in [3.8, 4) is 29.1 Å². The number of nitriles is 1. The number of nitrogens with zero attached hydrogens (tertiary/aromatic N) is 3. The molecule has 0 aliphatic rings. The fraction of sp³-hybridized carbons (Fsp3) is 0.333. The number of hydrogen-bond acceptors (Lipinski definition) is 7. The molecule has 0 aliphatic heterocycles. The van der Waals surface area contributed by atoms with E-state index in [0.29, 0.717) is 40.6 Å². The summed E-state index contributed by atoms with van der Waals surface area (Å²) in [6.07, 6.45) is 1.62. The summed E-state index contributed by atoms with van der Waals surface area (Å²) in [5.74, 6) is 2.44. The van der Waals surface area contributed by atoms with Gasteiger partial charge in [-0.3, -0.25) is 4.79 Å². The van der Waals surface area contributed by atoms with Crippen LogP contribution in [0.3, 0.4) is 0 Å². The number of anilines is 1. The molecule has 0 aromatic heterocycles. The molecule has 3 aromatic rings. The van der Waals surface area contributed by atoms with Crippen LogP contribution < -0.4 is 23.8 Å². The number of amides is 1. The maximum atomic E-state index is 13.5. The summed E-state index contributed by atoms with van der Waals surface area (Å²) in [5, 5.41) is 9.11. The van der Waals surface area contributed by atoms with Crippen LogP contribution in [0.2, 0.25) is 0 Å². The van der Waals surface area contributed by atoms with E-state index in [9.17, 15) is 4.79 Å². The third kappa shape index (κ3) is 8.28. The lowest BCUT2D eigenvalue weighted by atomic mass is 10.1. The van der Waals surface area contributed by atoms with Crippen LogP contribution in [0.4, 0.5) is 5.69 Å². The minimum absolute atomic E-state index is 0. The standard InChI is InChI=1S/C30H35N3O5.ClH/c1-32(18-15-22-9-13-26(35-2)28(19-22)37-4)16-6-17-33(25-12-14-27(36-3)29(20-25)38-5)30(34)24-10-7-23(21-31)8-11-24;/h7-14,19-20H,6,15-18H2,1-5H3;1H. The SMILES string of the molecule is COc1ccc(CCN(C)CCCN(C(=O)c2ccc(C#N)cc2)c2ccc(OC)c(OC)c2)cc1OC.Cl. The van der Waals surface area contributed by atoms with Crippen molar-refractivity contribution in [3.05, 3.63) is 77.4 Å². The Hall–Kier alpha value is -3.93. The molecule has 3 rings (SSSR count). The fourth-order valence-corrected chi connectivity index (χ4v) is 4.15. The molecule has 0 heterocycles. The lowest BCUT2D eigenvalue weighted by Gasteiger charge is -2.25. The Morgan fingerprint density at radius 3 is 1.95 bits per heavy atom. The number of benzene rings is 3. The van der Waals surface area contributed by atoms with Crippen LogP contribution in [0.15, 0.2) is 60.7 Å². The Morgan fingerprint density at radius 1 is 0.769 bits per heavy atom. The van der Waals surface area contributed by atoms with Crippen LogP contribution in [0.1, 0.15) is 27.9 Å². The van der Waals surface area contributed by atoms with E-state index in [-0.39, 0.29) is 18.3 Å². The first-order chi connectivity index (χ1) is 18.4. The third-order valence-electron chi connectivity index (χ3n) is 6.34. The van der Waals surface area contributed by atoms with Crippen molar-refractivity contribution in [1.82, 2.24) is 4.90 Å². The van der Waals surface area contributed by atoms with Gasteiger partial charge in [0.1, 0.15) is 0 Å². The van der Waals surface area contributed by atoms with Gasteiger partial charge in [-0.15, -0.1) is 12.4 Å². The van der Waals surface area contributed by atoms with Crippen molar-refractivity contribution in [2.24, 2.45) is 0 Å². The highest BCUT2D eigenvalue weighted by Crippen LogP contribution is 2.32. The number of ether oxygens (including phenoxy) is 4. The maximum absolute atomic E-state index is 13.5. The van der Waals surface area contributed by atoms with E-state index >= 15 is 0 Å². The first-order valence-electron chi connectivity index (χ1n) is 12.4. The van der Waals surface area contributed by atoms with E-state index in [2.05, 4.69) is 18.0 Å². The zero-order valence-corrected chi connectivity index (χ0v) is 23.9. The lowest BCUT2D eigenvalue weighted by molar-refractivity contribution is 0.0986. The average molecular weight is 554 g/mol. The van der Waals surface area contributed by atoms with E-state index < -0.39 is 0 Å². The summed E-state index contributed by atoms with van der Waals surface area (Å²) in [6.45, 7) is 2.17. The van der Waals surface area contributed by atoms with Gasteiger partial charge in [-0.2, -0.15) is 5.26 Å². The highest BCUT2D eigenvalue weighted by Gasteiger charge is 2.20. The van der Waals surface area contributed by atoms with Gasteiger partial charge in [-0.25, -0.2) is 0 Å². The number of rotatable bonds is 13. The average Bonchev–Trinajstić information content (AvgIpc) is 2.97. The summed E-state index contributed by atoms with van der Waals surface area (Å²) in [5.41, 5.74) is 2.90. The number of hydrogen-bond donors (Lipinski definition) is 0. The second-order valence-corrected chi connectivity index (χ2v) is 8.78. The van der Waals surface area contributed by atoms with Crippen LogP contribution in [-0.4, -0.2) is 65.9 Å². The van der Waals surface area contributed by atoms with Gasteiger partial charge in [0, 0.05) is 30.4 Å². The number of carbonyl (C=O) groups is 1. The van der Waals surface area contributed by atoms with E-state index in [1.165, 1.54) is 0 Å².